The van der Waals surface area contributed by atoms with Crippen molar-refractivity contribution in [2.75, 3.05) is 18.4 Å². The van der Waals surface area contributed by atoms with Gasteiger partial charge in [0.25, 0.3) is 0 Å². The highest BCUT2D eigenvalue weighted by atomic mass is 32.1. The number of thiazole rings is 1. The fourth-order valence-corrected chi connectivity index (χ4v) is 3.26. The Balaban J connectivity index is 1.54. The van der Waals surface area contributed by atoms with Gasteiger partial charge in [-0.2, -0.15) is 0 Å². The molecule has 8 heteroatoms. The highest BCUT2D eigenvalue weighted by Gasteiger charge is 2.28. The molecule has 3 rings (SSSR count). The minimum Gasteiger partial charge on any atom is -0.348 e. The summed E-state index contributed by atoms with van der Waals surface area (Å²) in [6, 6.07) is 0. The first kappa shape index (κ1) is 14.7. The molecule has 3 heterocycles. The molecule has 0 atom stereocenters. The summed E-state index contributed by atoms with van der Waals surface area (Å²) < 4.78 is 0. The monoisotopic (exact) mass is 319 g/mol. The van der Waals surface area contributed by atoms with Crippen LogP contribution in [0, 0.1) is 6.92 Å². The molecule has 7 nitrogen and oxygen atoms in total. The number of hydrogen-bond acceptors (Lipinski definition) is 5. The molecule has 2 aromatic rings. The van der Waals surface area contributed by atoms with Crippen LogP contribution in [0.15, 0.2) is 18.6 Å². The Morgan fingerprint density at radius 2 is 2.14 bits per heavy atom. The lowest BCUT2D eigenvalue weighted by Gasteiger charge is -2.30. The van der Waals surface area contributed by atoms with Gasteiger partial charge in [-0.15, -0.1) is 11.3 Å². The number of nitrogens with zero attached hydrogens (tertiary/aromatic N) is 3. The number of amides is 2. The van der Waals surface area contributed by atoms with Crippen molar-refractivity contribution in [3.05, 3.63) is 29.4 Å². The number of rotatable bonds is 2. The fourth-order valence-electron chi connectivity index (χ4n) is 2.58. The molecule has 1 saturated heterocycles. The zero-order valence-corrected chi connectivity index (χ0v) is 13.0. The summed E-state index contributed by atoms with van der Waals surface area (Å²) in [4.78, 5) is 37.2. The van der Waals surface area contributed by atoms with Crippen molar-refractivity contribution >= 4 is 28.2 Å². The maximum atomic E-state index is 12.2. The van der Waals surface area contributed by atoms with Crippen LogP contribution in [-0.4, -0.2) is 44.8 Å². The second-order valence-electron chi connectivity index (χ2n) is 5.24. The molecule has 0 aliphatic carbocycles. The molecule has 2 amide bonds. The summed E-state index contributed by atoms with van der Waals surface area (Å²) in [7, 11) is 0. The molecule has 0 radical (unpaired) electrons. The molecule has 1 aliphatic rings. The Labute approximate surface area is 131 Å². The number of carbonyl (C=O) groups is 2. The summed E-state index contributed by atoms with van der Waals surface area (Å²) in [6.07, 6.45) is 6.72. The van der Waals surface area contributed by atoms with Gasteiger partial charge in [0.2, 0.25) is 0 Å². The van der Waals surface area contributed by atoms with E-state index in [9.17, 15) is 9.59 Å². The van der Waals surface area contributed by atoms with Crippen molar-refractivity contribution in [3.8, 4) is 0 Å². The number of aromatic nitrogens is 3. The molecule has 0 aromatic carbocycles. The van der Waals surface area contributed by atoms with Gasteiger partial charge in [-0.3, -0.25) is 9.59 Å². The molecule has 116 valence electrons. The van der Waals surface area contributed by atoms with Crippen LogP contribution < -0.4 is 5.32 Å². The highest BCUT2D eigenvalue weighted by Crippen LogP contribution is 2.25. The molecule has 0 saturated carbocycles. The quantitative estimate of drug-likeness (QED) is 0.821. The van der Waals surface area contributed by atoms with E-state index in [0.717, 1.165) is 23.7 Å². The van der Waals surface area contributed by atoms with Crippen LogP contribution in [0.2, 0.25) is 0 Å². The van der Waals surface area contributed by atoms with Crippen molar-refractivity contribution < 1.29 is 9.59 Å². The number of aromatic amines is 1. The Kier molecular flexibility index (Phi) is 4.19. The van der Waals surface area contributed by atoms with E-state index in [1.165, 1.54) is 11.3 Å². The lowest BCUT2D eigenvalue weighted by atomic mass is 9.96. The fraction of sp³-hybridized carbons (Fsp3) is 0.429. The van der Waals surface area contributed by atoms with Crippen LogP contribution >= 0.6 is 11.3 Å². The van der Waals surface area contributed by atoms with Gasteiger partial charge in [0.15, 0.2) is 0 Å². The lowest BCUT2D eigenvalue weighted by molar-refractivity contribution is -0.143. The van der Waals surface area contributed by atoms with Crippen molar-refractivity contribution in [2.45, 2.75) is 25.7 Å². The van der Waals surface area contributed by atoms with E-state index in [4.69, 9.17) is 0 Å². The van der Waals surface area contributed by atoms with Crippen LogP contribution in [-0.2, 0) is 9.59 Å². The molecule has 0 bridgehead atoms. The third-order valence-electron chi connectivity index (χ3n) is 3.74. The third kappa shape index (κ3) is 3.16. The Morgan fingerprint density at radius 1 is 1.36 bits per heavy atom. The van der Waals surface area contributed by atoms with E-state index in [1.807, 2.05) is 6.92 Å². The number of imidazole rings is 1. The van der Waals surface area contributed by atoms with Crippen LogP contribution in [0.5, 0.6) is 0 Å². The van der Waals surface area contributed by atoms with E-state index in [1.54, 1.807) is 23.5 Å². The SMILES string of the molecule is Cc1ncc(NC(=O)C(=O)N2CCC(c3ncc[nH]3)CC2)s1. The van der Waals surface area contributed by atoms with Crippen molar-refractivity contribution in [1.29, 1.82) is 0 Å². The maximum Gasteiger partial charge on any atom is 0.314 e. The zero-order valence-electron chi connectivity index (χ0n) is 12.2. The number of hydrogen-bond donors (Lipinski definition) is 2. The van der Waals surface area contributed by atoms with E-state index < -0.39 is 11.8 Å². The van der Waals surface area contributed by atoms with E-state index in [2.05, 4.69) is 20.3 Å². The van der Waals surface area contributed by atoms with Crippen molar-refractivity contribution in [2.24, 2.45) is 0 Å². The molecular formula is C14H17N5O2S. The van der Waals surface area contributed by atoms with Gasteiger partial charge in [0.05, 0.1) is 11.2 Å². The van der Waals surface area contributed by atoms with Crippen LogP contribution in [0.25, 0.3) is 0 Å². The molecule has 2 aromatic heterocycles. The van der Waals surface area contributed by atoms with Gasteiger partial charge in [0, 0.05) is 31.4 Å². The number of nitrogens with one attached hydrogen (secondary N) is 2. The summed E-state index contributed by atoms with van der Waals surface area (Å²) in [5, 5.41) is 4.05. The molecule has 22 heavy (non-hydrogen) atoms. The van der Waals surface area contributed by atoms with Crippen LogP contribution in [0.4, 0.5) is 5.00 Å². The van der Waals surface area contributed by atoms with Gasteiger partial charge in [0.1, 0.15) is 10.8 Å². The number of H-pyrrole nitrogens is 1. The third-order valence-corrected chi connectivity index (χ3v) is 4.57. The largest absolute Gasteiger partial charge is 0.348 e. The van der Waals surface area contributed by atoms with E-state index >= 15 is 0 Å². The molecule has 2 N–H and O–H groups in total. The average molecular weight is 319 g/mol. The predicted octanol–water partition coefficient (Wildman–Crippen LogP) is 1.52. The first-order valence-electron chi connectivity index (χ1n) is 7.15. The Bertz CT molecular complexity index is 659. The first-order valence-corrected chi connectivity index (χ1v) is 7.97. The summed E-state index contributed by atoms with van der Waals surface area (Å²) in [5.74, 6) is 0.201. The van der Waals surface area contributed by atoms with Gasteiger partial charge < -0.3 is 15.2 Å². The van der Waals surface area contributed by atoms with E-state index in [-0.39, 0.29) is 0 Å². The van der Waals surface area contributed by atoms with Gasteiger partial charge >= 0.3 is 11.8 Å². The highest BCUT2D eigenvalue weighted by molar-refractivity contribution is 7.15. The molecule has 1 aliphatic heterocycles. The second kappa shape index (κ2) is 6.27. The summed E-state index contributed by atoms with van der Waals surface area (Å²) in [6.45, 7) is 2.99. The number of likely N-dealkylation sites (tertiary alicyclic amines) is 1. The number of carbonyl (C=O) groups excluding carboxylic acids is 2. The normalized spacial score (nSPS) is 15.8. The topological polar surface area (TPSA) is 91.0 Å². The van der Waals surface area contributed by atoms with Gasteiger partial charge in [-0.25, -0.2) is 9.97 Å². The number of anilines is 1. The lowest BCUT2D eigenvalue weighted by Crippen LogP contribution is -2.43. The molecule has 0 spiro atoms. The van der Waals surface area contributed by atoms with Crippen LogP contribution in [0.1, 0.15) is 29.6 Å². The molecule has 0 unspecified atom stereocenters. The maximum absolute atomic E-state index is 12.2. The standard InChI is InChI=1S/C14H17N5O2S/c1-9-17-8-11(22-9)18-13(20)14(21)19-6-2-10(3-7-19)12-15-4-5-16-12/h4-5,8,10H,2-3,6-7H2,1H3,(H,15,16)(H,18,20). The van der Waals surface area contributed by atoms with Gasteiger partial charge in [-0.05, 0) is 19.8 Å². The van der Waals surface area contributed by atoms with Gasteiger partial charge in [-0.1, -0.05) is 0 Å². The smallest absolute Gasteiger partial charge is 0.314 e. The van der Waals surface area contributed by atoms with Crippen molar-refractivity contribution in [3.63, 3.8) is 0 Å². The Morgan fingerprint density at radius 3 is 2.73 bits per heavy atom. The zero-order chi connectivity index (χ0) is 15.5. The summed E-state index contributed by atoms with van der Waals surface area (Å²) in [5.41, 5.74) is 0. The average Bonchev–Trinajstić information content (AvgIpc) is 3.18. The number of piperidine rings is 1. The van der Waals surface area contributed by atoms with Crippen molar-refractivity contribution in [1.82, 2.24) is 19.9 Å². The second-order valence-corrected chi connectivity index (χ2v) is 6.47. The first-order chi connectivity index (χ1) is 10.6. The molecular weight excluding hydrogens is 302 g/mol. The van der Waals surface area contributed by atoms with Crippen LogP contribution in [0.3, 0.4) is 0 Å². The number of aryl methyl sites for hydroxylation is 1. The molecule has 1 fully saturated rings. The predicted molar refractivity (Wildman–Crippen MR) is 82.6 cm³/mol. The van der Waals surface area contributed by atoms with E-state index in [0.29, 0.717) is 24.0 Å². The minimum atomic E-state index is -0.597. The summed E-state index contributed by atoms with van der Waals surface area (Å²) >= 11 is 1.35. The minimum absolute atomic E-state index is 0.325. The Hall–Kier alpha value is -2.22.